The highest BCUT2D eigenvalue weighted by Crippen LogP contribution is 2.41. The Balaban J connectivity index is 1.74. The van der Waals surface area contributed by atoms with Gasteiger partial charge in [-0.25, -0.2) is 9.88 Å². The number of hydrogen-bond donors (Lipinski definition) is 0. The van der Waals surface area contributed by atoms with E-state index in [1.807, 2.05) is 0 Å². The molecule has 0 bridgehead atoms. The third-order valence-electron chi connectivity index (χ3n) is 4.55. The second-order valence-corrected chi connectivity index (χ2v) is 8.67. The zero-order valence-corrected chi connectivity index (χ0v) is 17.2. The Morgan fingerprint density at radius 2 is 1.90 bits per heavy atom. The number of carbonyl (C=O) groups is 2. The van der Waals surface area contributed by atoms with E-state index >= 15 is 0 Å². The molecule has 1 saturated heterocycles. The van der Waals surface area contributed by atoms with E-state index in [-0.39, 0.29) is 17.1 Å². The molecule has 2 aromatic heterocycles. The summed E-state index contributed by atoms with van der Waals surface area (Å²) in [5.41, 5.74) is -1.33. The molecule has 1 aliphatic heterocycles. The number of hydrogen-bond acceptors (Lipinski definition) is 6. The molecule has 0 aliphatic carbocycles. The average molecular weight is 459 g/mol. The fourth-order valence-corrected chi connectivity index (χ4v) is 4.98. The molecule has 0 radical (unpaired) electrons. The summed E-state index contributed by atoms with van der Waals surface area (Å²) in [6, 6.07) is 14.0. The van der Waals surface area contributed by atoms with Crippen molar-refractivity contribution in [1.82, 2.24) is 4.98 Å². The molecule has 1 atom stereocenters. The Morgan fingerprint density at radius 1 is 1.16 bits per heavy atom. The van der Waals surface area contributed by atoms with Crippen molar-refractivity contribution >= 4 is 40.6 Å². The maximum absolute atomic E-state index is 13.7. The van der Waals surface area contributed by atoms with Gasteiger partial charge in [-0.1, -0.05) is 36.0 Å². The summed E-state index contributed by atoms with van der Waals surface area (Å²) in [4.78, 5) is 31.1. The SMILES string of the molecule is N#Cc1c(C(F)(F)F)cc(-c2cccs2)nc1S[C@@H]1CC(=O)N(c2ccccc2)C1=O. The van der Waals surface area contributed by atoms with Gasteiger partial charge in [0.05, 0.1) is 32.6 Å². The Bertz CT molecular complexity index is 1190. The normalized spacial score (nSPS) is 16.6. The molecule has 3 aromatic rings. The summed E-state index contributed by atoms with van der Waals surface area (Å²) >= 11 is 1.92. The average Bonchev–Trinajstić information content (AvgIpc) is 3.36. The number of imide groups is 1. The van der Waals surface area contributed by atoms with E-state index in [0.717, 1.165) is 11.0 Å². The van der Waals surface area contributed by atoms with Crippen LogP contribution in [0, 0.1) is 11.3 Å². The van der Waals surface area contributed by atoms with Crippen LogP contribution in [-0.2, 0) is 15.8 Å². The fourth-order valence-electron chi connectivity index (χ4n) is 3.17. The molecule has 1 aromatic carbocycles. The van der Waals surface area contributed by atoms with Crippen LogP contribution < -0.4 is 4.90 Å². The summed E-state index contributed by atoms with van der Waals surface area (Å²) < 4.78 is 41.0. The second-order valence-electron chi connectivity index (χ2n) is 6.54. The lowest BCUT2D eigenvalue weighted by Gasteiger charge is -2.16. The number of alkyl halides is 3. The highest BCUT2D eigenvalue weighted by molar-refractivity contribution is 8.00. The van der Waals surface area contributed by atoms with Crippen molar-refractivity contribution in [1.29, 1.82) is 5.26 Å². The summed E-state index contributed by atoms with van der Waals surface area (Å²) in [7, 11) is 0. The number of anilines is 1. The molecule has 4 rings (SSSR count). The summed E-state index contributed by atoms with van der Waals surface area (Å²) in [6.07, 6.45) is -4.98. The fraction of sp³-hybridized carbons (Fsp3) is 0.143. The van der Waals surface area contributed by atoms with Gasteiger partial charge in [0.15, 0.2) is 0 Å². The number of pyridine rings is 1. The van der Waals surface area contributed by atoms with Crippen LogP contribution in [0.15, 0.2) is 58.9 Å². The number of para-hydroxylation sites is 1. The van der Waals surface area contributed by atoms with Crippen LogP contribution in [0.25, 0.3) is 10.6 Å². The van der Waals surface area contributed by atoms with Gasteiger partial charge in [-0.15, -0.1) is 11.3 Å². The quantitative estimate of drug-likeness (QED) is 0.506. The van der Waals surface area contributed by atoms with Gasteiger partial charge in [-0.2, -0.15) is 18.4 Å². The lowest BCUT2D eigenvalue weighted by Crippen LogP contribution is -2.31. The summed E-state index contributed by atoms with van der Waals surface area (Å²) in [5.74, 6) is -1.01. The third kappa shape index (κ3) is 4.06. The van der Waals surface area contributed by atoms with Crippen LogP contribution in [0.2, 0.25) is 0 Å². The molecule has 5 nitrogen and oxygen atoms in total. The maximum Gasteiger partial charge on any atom is 0.417 e. The van der Waals surface area contributed by atoms with Crippen LogP contribution in [0.5, 0.6) is 0 Å². The summed E-state index contributed by atoms with van der Waals surface area (Å²) in [5, 5.41) is 9.94. The van der Waals surface area contributed by atoms with Crippen molar-refractivity contribution in [2.75, 3.05) is 4.90 Å². The number of aromatic nitrogens is 1. The van der Waals surface area contributed by atoms with E-state index < -0.39 is 34.4 Å². The Morgan fingerprint density at radius 3 is 2.52 bits per heavy atom. The minimum atomic E-state index is -4.78. The van der Waals surface area contributed by atoms with E-state index in [0.29, 0.717) is 22.3 Å². The van der Waals surface area contributed by atoms with E-state index in [9.17, 15) is 28.0 Å². The first kappa shape index (κ1) is 21.1. The minimum Gasteiger partial charge on any atom is -0.274 e. The molecule has 2 amide bonds. The predicted octanol–water partition coefficient (Wildman–Crippen LogP) is 5.12. The van der Waals surface area contributed by atoms with E-state index in [4.69, 9.17) is 0 Å². The van der Waals surface area contributed by atoms with Gasteiger partial charge in [-0.05, 0) is 29.6 Å². The number of nitrogens with zero attached hydrogens (tertiary/aromatic N) is 3. The highest BCUT2D eigenvalue weighted by Gasteiger charge is 2.42. The van der Waals surface area contributed by atoms with Gasteiger partial charge >= 0.3 is 6.18 Å². The first-order valence-electron chi connectivity index (χ1n) is 8.94. The highest BCUT2D eigenvalue weighted by atomic mass is 32.2. The van der Waals surface area contributed by atoms with Crippen LogP contribution in [-0.4, -0.2) is 22.0 Å². The molecule has 156 valence electrons. The van der Waals surface area contributed by atoms with Crippen molar-refractivity contribution in [2.24, 2.45) is 0 Å². The van der Waals surface area contributed by atoms with Crippen molar-refractivity contribution in [3.63, 3.8) is 0 Å². The molecule has 10 heteroatoms. The van der Waals surface area contributed by atoms with Crippen LogP contribution in [0.4, 0.5) is 18.9 Å². The van der Waals surface area contributed by atoms with Crippen molar-refractivity contribution in [3.8, 4) is 16.6 Å². The van der Waals surface area contributed by atoms with Crippen molar-refractivity contribution in [2.45, 2.75) is 22.9 Å². The standard InChI is InChI=1S/C21H12F3N3O2S2/c22-21(23,24)14-9-15(16-7-4-8-30-16)26-19(13(14)11-25)31-17-10-18(28)27(20(17)29)12-5-2-1-3-6-12/h1-9,17H,10H2/t17-/m1/s1. The monoisotopic (exact) mass is 459 g/mol. The molecule has 1 aliphatic rings. The first-order chi connectivity index (χ1) is 14.8. The second kappa shape index (κ2) is 8.17. The number of rotatable bonds is 4. The number of thioether (sulfide) groups is 1. The molecule has 31 heavy (non-hydrogen) atoms. The van der Waals surface area contributed by atoms with E-state index in [2.05, 4.69) is 4.98 Å². The smallest absolute Gasteiger partial charge is 0.274 e. The Hall–Kier alpha value is -3.16. The van der Waals surface area contributed by atoms with Gasteiger partial charge in [-0.3, -0.25) is 9.59 Å². The number of carbonyl (C=O) groups excluding carboxylic acids is 2. The molecular formula is C21H12F3N3O2S2. The van der Waals surface area contributed by atoms with Gasteiger partial charge in [0.25, 0.3) is 0 Å². The van der Waals surface area contributed by atoms with Gasteiger partial charge in [0.2, 0.25) is 11.8 Å². The zero-order valence-electron chi connectivity index (χ0n) is 15.6. The van der Waals surface area contributed by atoms with Crippen LogP contribution in [0.1, 0.15) is 17.5 Å². The van der Waals surface area contributed by atoms with Crippen molar-refractivity contribution in [3.05, 3.63) is 65.0 Å². The number of halogens is 3. The van der Waals surface area contributed by atoms with Crippen LogP contribution >= 0.6 is 23.1 Å². The number of thiophene rings is 1. The summed E-state index contributed by atoms with van der Waals surface area (Å²) in [6.45, 7) is 0. The van der Waals surface area contributed by atoms with Gasteiger partial charge in [0.1, 0.15) is 11.1 Å². The number of nitriles is 1. The Labute approximate surface area is 183 Å². The molecule has 0 saturated carbocycles. The zero-order chi connectivity index (χ0) is 22.2. The molecule has 0 N–H and O–H groups in total. The largest absolute Gasteiger partial charge is 0.417 e. The molecule has 1 fully saturated rings. The van der Waals surface area contributed by atoms with Crippen LogP contribution in [0.3, 0.4) is 0 Å². The number of benzene rings is 1. The molecule has 3 heterocycles. The minimum absolute atomic E-state index is 0.0560. The molecule has 0 spiro atoms. The topological polar surface area (TPSA) is 74.1 Å². The van der Waals surface area contributed by atoms with E-state index in [1.54, 1.807) is 53.9 Å². The maximum atomic E-state index is 13.7. The number of amides is 2. The van der Waals surface area contributed by atoms with Gasteiger partial charge in [0, 0.05) is 6.42 Å². The van der Waals surface area contributed by atoms with E-state index in [1.165, 1.54) is 11.3 Å². The molecular weight excluding hydrogens is 447 g/mol. The third-order valence-corrected chi connectivity index (χ3v) is 6.61. The van der Waals surface area contributed by atoms with Gasteiger partial charge < -0.3 is 0 Å². The molecule has 0 unspecified atom stereocenters. The Kier molecular flexibility index (Phi) is 5.56. The predicted molar refractivity (Wildman–Crippen MR) is 110 cm³/mol. The lowest BCUT2D eigenvalue weighted by atomic mass is 10.1. The lowest BCUT2D eigenvalue weighted by molar-refractivity contribution is -0.138. The van der Waals surface area contributed by atoms with Crippen molar-refractivity contribution < 1.29 is 22.8 Å². The first-order valence-corrected chi connectivity index (χ1v) is 10.7.